The Balaban J connectivity index is 1.70. The molecule has 0 aliphatic carbocycles. The van der Waals surface area contributed by atoms with Gasteiger partial charge in [-0.05, 0) is 39.3 Å². The van der Waals surface area contributed by atoms with Crippen LogP contribution in [-0.4, -0.2) is 37.0 Å². The number of rotatable bonds is 4. The molecule has 0 N–H and O–H groups in total. The number of aromatic nitrogens is 4. The second kappa shape index (κ2) is 6.02. The van der Waals surface area contributed by atoms with E-state index in [1.165, 1.54) is 37.1 Å². The summed E-state index contributed by atoms with van der Waals surface area (Å²) in [6, 6.07) is 2.74. The topological polar surface area (TPSA) is 38.9 Å². The van der Waals surface area contributed by atoms with Crippen molar-refractivity contribution < 1.29 is 0 Å². The standard InChI is InChI=1S/C16H25N5/c1-13-8-14(2)21(18-13)12-16-6-4-5-7-20(16)11-15-9-17-19(3)10-15/h8-10,16H,4-7,11-12H2,1-3H3/t16-/m0/s1. The Morgan fingerprint density at radius 2 is 2.14 bits per heavy atom. The molecule has 0 saturated carbocycles. The Bertz CT molecular complexity index is 598. The summed E-state index contributed by atoms with van der Waals surface area (Å²) in [6.07, 6.45) is 7.99. The largest absolute Gasteiger partial charge is 0.294 e. The number of likely N-dealkylation sites (tertiary alicyclic amines) is 1. The van der Waals surface area contributed by atoms with Gasteiger partial charge in [0.15, 0.2) is 0 Å². The first-order chi connectivity index (χ1) is 10.1. The Morgan fingerprint density at radius 1 is 1.29 bits per heavy atom. The molecule has 0 spiro atoms. The Hall–Kier alpha value is -1.62. The minimum Gasteiger partial charge on any atom is -0.294 e. The van der Waals surface area contributed by atoms with Gasteiger partial charge in [-0.25, -0.2) is 0 Å². The summed E-state index contributed by atoms with van der Waals surface area (Å²) >= 11 is 0. The fourth-order valence-corrected chi connectivity index (χ4v) is 3.32. The maximum atomic E-state index is 4.62. The number of hydrogen-bond donors (Lipinski definition) is 0. The van der Waals surface area contributed by atoms with Crippen LogP contribution < -0.4 is 0 Å². The predicted octanol–water partition coefficient (Wildman–Crippen LogP) is 2.29. The fraction of sp³-hybridized carbons (Fsp3) is 0.625. The highest BCUT2D eigenvalue weighted by Gasteiger charge is 2.24. The molecular formula is C16H25N5. The van der Waals surface area contributed by atoms with Crippen LogP contribution in [0.15, 0.2) is 18.5 Å². The Morgan fingerprint density at radius 3 is 2.81 bits per heavy atom. The SMILES string of the molecule is Cc1cc(C)n(C[C@@H]2CCCCN2Cc2cnn(C)c2)n1. The van der Waals surface area contributed by atoms with Crippen molar-refractivity contribution in [1.82, 2.24) is 24.5 Å². The molecule has 114 valence electrons. The van der Waals surface area contributed by atoms with Crippen molar-refractivity contribution in [2.45, 2.75) is 52.2 Å². The van der Waals surface area contributed by atoms with Gasteiger partial charge in [0.05, 0.1) is 18.4 Å². The van der Waals surface area contributed by atoms with Gasteiger partial charge in [0.2, 0.25) is 0 Å². The lowest BCUT2D eigenvalue weighted by Crippen LogP contribution is -2.41. The second-order valence-corrected chi connectivity index (χ2v) is 6.25. The number of nitrogens with zero attached hydrogens (tertiary/aromatic N) is 5. The zero-order valence-corrected chi connectivity index (χ0v) is 13.3. The van der Waals surface area contributed by atoms with Gasteiger partial charge in [-0.15, -0.1) is 0 Å². The summed E-state index contributed by atoms with van der Waals surface area (Å²) in [5.41, 5.74) is 3.68. The quantitative estimate of drug-likeness (QED) is 0.866. The minimum absolute atomic E-state index is 0.581. The van der Waals surface area contributed by atoms with Crippen molar-refractivity contribution in [3.05, 3.63) is 35.4 Å². The van der Waals surface area contributed by atoms with E-state index in [9.17, 15) is 0 Å². The monoisotopic (exact) mass is 287 g/mol. The van der Waals surface area contributed by atoms with Crippen molar-refractivity contribution in [1.29, 1.82) is 0 Å². The van der Waals surface area contributed by atoms with E-state index >= 15 is 0 Å². The van der Waals surface area contributed by atoms with Crippen LogP contribution in [0, 0.1) is 13.8 Å². The van der Waals surface area contributed by atoms with E-state index in [2.05, 4.69) is 45.9 Å². The first-order valence-corrected chi connectivity index (χ1v) is 7.84. The molecule has 5 heteroatoms. The zero-order valence-electron chi connectivity index (χ0n) is 13.3. The first-order valence-electron chi connectivity index (χ1n) is 7.84. The van der Waals surface area contributed by atoms with E-state index in [0.717, 1.165) is 18.8 Å². The first kappa shape index (κ1) is 14.3. The average molecular weight is 287 g/mol. The van der Waals surface area contributed by atoms with Gasteiger partial charge in [-0.2, -0.15) is 10.2 Å². The predicted molar refractivity (Wildman–Crippen MR) is 83.0 cm³/mol. The molecule has 1 aliphatic heterocycles. The van der Waals surface area contributed by atoms with Gasteiger partial charge in [0, 0.05) is 37.1 Å². The maximum Gasteiger partial charge on any atom is 0.0596 e. The summed E-state index contributed by atoms with van der Waals surface area (Å²) in [5.74, 6) is 0. The molecule has 0 bridgehead atoms. The molecule has 3 rings (SSSR count). The lowest BCUT2D eigenvalue weighted by Gasteiger charge is -2.35. The Kier molecular flexibility index (Phi) is 4.10. The van der Waals surface area contributed by atoms with Crippen molar-refractivity contribution in [2.24, 2.45) is 7.05 Å². The number of piperidine rings is 1. The summed E-state index contributed by atoms with van der Waals surface area (Å²) < 4.78 is 4.05. The van der Waals surface area contributed by atoms with Crippen LogP contribution in [0.4, 0.5) is 0 Å². The summed E-state index contributed by atoms with van der Waals surface area (Å²) in [6.45, 7) is 7.39. The highest BCUT2D eigenvalue weighted by atomic mass is 15.3. The maximum absolute atomic E-state index is 4.62. The lowest BCUT2D eigenvalue weighted by molar-refractivity contribution is 0.121. The summed E-state index contributed by atoms with van der Waals surface area (Å²) in [7, 11) is 1.98. The highest BCUT2D eigenvalue weighted by molar-refractivity contribution is 5.07. The third-order valence-corrected chi connectivity index (χ3v) is 4.38. The average Bonchev–Trinajstić information content (AvgIpc) is 2.98. The second-order valence-electron chi connectivity index (χ2n) is 6.25. The van der Waals surface area contributed by atoms with Gasteiger partial charge in [0.25, 0.3) is 0 Å². The molecule has 21 heavy (non-hydrogen) atoms. The van der Waals surface area contributed by atoms with Gasteiger partial charge in [0.1, 0.15) is 0 Å². The van der Waals surface area contributed by atoms with Crippen LogP contribution in [-0.2, 0) is 20.1 Å². The smallest absolute Gasteiger partial charge is 0.0596 e. The molecule has 2 aromatic rings. The molecule has 0 aromatic carbocycles. The molecule has 1 aliphatic rings. The normalized spacial score (nSPS) is 20.0. The van der Waals surface area contributed by atoms with Crippen LogP contribution in [0.3, 0.4) is 0 Å². The van der Waals surface area contributed by atoms with E-state index in [1.807, 2.05) is 17.9 Å². The van der Waals surface area contributed by atoms with Crippen LogP contribution in [0.1, 0.15) is 36.2 Å². The molecule has 1 fully saturated rings. The van der Waals surface area contributed by atoms with Crippen molar-refractivity contribution in [3.8, 4) is 0 Å². The van der Waals surface area contributed by atoms with Gasteiger partial charge >= 0.3 is 0 Å². The van der Waals surface area contributed by atoms with Gasteiger partial charge in [-0.1, -0.05) is 6.42 Å². The van der Waals surface area contributed by atoms with E-state index in [-0.39, 0.29) is 0 Å². The number of hydrogen-bond acceptors (Lipinski definition) is 3. The third kappa shape index (κ3) is 3.35. The Labute approximate surface area is 126 Å². The van der Waals surface area contributed by atoms with Crippen LogP contribution in [0.25, 0.3) is 0 Å². The van der Waals surface area contributed by atoms with E-state index in [4.69, 9.17) is 0 Å². The molecule has 0 unspecified atom stereocenters. The van der Waals surface area contributed by atoms with Crippen molar-refractivity contribution in [2.75, 3.05) is 6.54 Å². The third-order valence-electron chi connectivity index (χ3n) is 4.38. The molecule has 2 aromatic heterocycles. The molecular weight excluding hydrogens is 262 g/mol. The van der Waals surface area contributed by atoms with Crippen molar-refractivity contribution in [3.63, 3.8) is 0 Å². The zero-order chi connectivity index (χ0) is 14.8. The molecule has 3 heterocycles. The van der Waals surface area contributed by atoms with Crippen LogP contribution >= 0.6 is 0 Å². The molecule has 5 nitrogen and oxygen atoms in total. The van der Waals surface area contributed by atoms with E-state index < -0.39 is 0 Å². The molecule has 1 atom stereocenters. The van der Waals surface area contributed by atoms with Gasteiger partial charge < -0.3 is 0 Å². The molecule has 0 amide bonds. The molecule has 0 radical (unpaired) electrons. The van der Waals surface area contributed by atoms with Crippen LogP contribution in [0.5, 0.6) is 0 Å². The summed E-state index contributed by atoms with van der Waals surface area (Å²) in [4.78, 5) is 2.59. The molecule has 1 saturated heterocycles. The van der Waals surface area contributed by atoms with Gasteiger partial charge in [-0.3, -0.25) is 14.3 Å². The van der Waals surface area contributed by atoms with E-state index in [0.29, 0.717) is 6.04 Å². The highest BCUT2D eigenvalue weighted by Crippen LogP contribution is 2.21. The minimum atomic E-state index is 0.581. The van der Waals surface area contributed by atoms with E-state index in [1.54, 1.807) is 0 Å². The van der Waals surface area contributed by atoms with Crippen LogP contribution in [0.2, 0.25) is 0 Å². The fourth-order valence-electron chi connectivity index (χ4n) is 3.32. The van der Waals surface area contributed by atoms with Crippen molar-refractivity contribution >= 4 is 0 Å². The lowest BCUT2D eigenvalue weighted by atomic mass is 10.0. The summed E-state index contributed by atoms with van der Waals surface area (Å²) in [5, 5.41) is 8.90. The number of aryl methyl sites for hydroxylation is 3.